The van der Waals surface area contributed by atoms with Crippen molar-refractivity contribution < 1.29 is 18.4 Å². The average Bonchev–Trinajstić information content (AvgIpc) is 1.86. The van der Waals surface area contributed by atoms with Crippen molar-refractivity contribution in [3.63, 3.8) is 0 Å². The Labute approximate surface area is 86.7 Å². The van der Waals surface area contributed by atoms with Crippen molar-refractivity contribution in [2.45, 2.75) is 9.17 Å². The summed E-state index contributed by atoms with van der Waals surface area (Å²) in [6.45, 7) is 0. The SMILES string of the molecule is O=CC(Cl)(Cl)Cl.O=CC(F)(F)Cl. The lowest BCUT2D eigenvalue weighted by atomic mass is 10.8. The number of alkyl halides is 6. The van der Waals surface area contributed by atoms with Crippen LogP contribution in [0.1, 0.15) is 0 Å². The van der Waals surface area contributed by atoms with E-state index in [-0.39, 0.29) is 6.29 Å². The maximum atomic E-state index is 10.8. The maximum Gasteiger partial charge on any atom is 0.377 e. The summed E-state index contributed by atoms with van der Waals surface area (Å²) in [5.41, 5.74) is 0. The van der Waals surface area contributed by atoms with E-state index in [1.165, 1.54) is 0 Å². The molecule has 0 aromatic rings. The van der Waals surface area contributed by atoms with Gasteiger partial charge in [0.05, 0.1) is 0 Å². The van der Waals surface area contributed by atoms with Crippen LogP contribution in [0.2, 0.25) is 0 Å². The van der Waals surface area contributed by atoms with Crippen molar-refractivity contribution >= 4 is 59.0 Å². The molecule has 0 aromatic heterocycles. The van der Waals surface area contributed by atoms with E-state index in [0.717, 1.165) is 0 Å². The fourth-order valence-corrected chi connectivity index (χ4v) is 0. The van der Waals surface area contributed by atoms with Gasteiger partial charge >= 0.3 is 5.38 Å². The first-order valence-electron chi connectivity index (χ1n) is 2.18. The van der Waals surface area contributed by atoms with E-state index in [9.17, 15) is 13.6 Å². The first-order chi connectivity index (χ1) is 5.12. The van der Waals surface area contributed by atoms with E-state index in [2.05, 4.69) is 11.6 Å². The van der Waals surface area contributed by atoms with E-state index in [1.807, 2.05) is 0 Å². The number of aldehydes is 2. The third-order valence-corrected chi connectivity index (χ3v) is 0.624. The molecule has 0 aromatic carbocycles. The molecule has 0 N–H and O–H groups in total. The number of hydrogen-bond acceptors (Lipinski definition) is 2. The number of carbonyl (C=O) groups excluding carboxylic acids is 2. The number of halogens is 6. The molecule has 72 valence electrons. The molecule has 0 aliphatic heterocycles. The molecule has 0 aliphatic rings. The summed E-state index contributed by atoms with van der Waals surface area (Å²) < 4.78 is 20.0. The molecule has 0 radical (unpaired) electrons. The topological polar surface area (TPSA) is 34.1 Å². The molecule has 2 nitrogen and oxygen atoms in total. The fraction of sp³-hybridized carbons (Fsp3) is 0.500. The second kappa shape index (κ2) is 5.91. The van der Waals surface area contributed by atoms with Crippen LogP contribution in [0, 0.1) is 0 Å². The highest BCUT2D eigenvalue weighted by atomic mass is 35.6. The zero-order valence-corrected chi connectivity index (χ0v) is 8.26. The quantitative estimate of drug-likeness (QED) is 0.537. The van der Waals surface area contributed by atoms with Gasteiger partial charge < -0.3 is 0 Å². The molecule has 0 heterocycles. The van der Waals surface area contributed by atoms with Gasteiger partial charge in [-0.1, -0.05) is 34.8 Å². The molecular formula is C4H2Cl4F2O2. The van der Waals surface area contributed by atoms with Crippen LogP contribution in [0.25, 0.3) is 0 Å². The number of rotatable bonds is 1. The molecule has 0 unspecified atom stereocenters. The zero-order chi connectivity index (χ0) is 10.4. The first-order valence-corrected chi connectivity index (χ1v) is 3.69. The van der Waals surface area contributed by atoms with Gasteiger partial charge in [-0.25, -0.2) is 0 Å². The lowest BCUT2D eigenvalue weighted by Gasteiger charge is -1.93. The molecule has 0 rings (SSSR count). The fourth-order valence-electron chi connectivity index (χ4n) is 0. The van der Waals surface area contributed by atoms with Crippen molar-refractivity contribution in [2.24, 2.45) is 0 Å². The van der Waals surface area contributed by atoms with Crippen LogP contribution >= 0.6 is 46.4 Å². The highest BCUT2D eigenvalue weighted by Gasteiger charge is 2.21. The summed E-state index contributed by atoms with van der Waals surface area (Å²) in [4.78, 5) is 18.4. The Morgan fingerprint density at radius 1 is 0.917 bits per heavy atom. The van der Waals surface area contributed by atoms with E-state index in [4.69, 9.17) is 39.6 Å². The molecule has 0 amide bonds. The summed E-state index contributed by atoms with van der Waals surface area (Å²) >= 11 is 18.7. The van der Waals surface area contributed by atoms with Gasteiger partial charge in [-0.2, -0.15) is 8.78 Å². The molecule has 12 heavy (non-hydrogen) atoms. The minimum Gasteiger partial charge on any atom is -0.299 e. The van der Waals surface area contributed by atoms with Gasteiger partial charge in [0, 0.05) is 0 Å². The molecule has 0 saturated heterocycles. The van der Waals surface area contributed by atoms with E-state index in [1.54, 1.807) is 0 Å². The molecular weight excluding hydrogens is 260 g/mol. The molecule has 0 fully saturated rings. The Kier molecular flexibility index (Phi) is 7.32. The van der Waals surface area contributed by atoms with Gasteiger partial charge in [0.2, 0.25) is 10.1 Å². The lowest BCUT2D eigenvalue weighted by Crippen LogP contribution is -2.05. The summed E-state index contributed by atoms with van der Waals surface area (Å²) in [7, 11) is 0. The maximum absolute atomic E-state index is 10.8. The van der Waals surface area contributed by atoms with Crippen LogP contribution in [0.5, 0.6) is 0 Å². The first kappa shape index (κ1) is 14.9. The van der Waals surface area contributed by atoms with Crippen molar-refractivity contribution in [2.75, 3.05) is 0 Å². The van der Waals surface area contributed by atoms with E-state index >= 15 is 0 Å². The summed E-state index contributed by atoms with van der Waals surface area (Å²) in [5, 5.41) is -3.67. The highest BCUT2D eigenvalue weighted by Crippen LogP contribution is 2.21. The Bertz CT molecular complexity index is 132. The molecule has 0 aliphatic carbocycles. The molecule has 0 atom stereocenters. The van der Waals surface area contributed by atoms with Crippen molar-refractivity contribution in [3.8, 4) is 0 Å². The lowest BCUT2D eigenvalue weighted by molar-refractivity contribution is -0.120. The number of carbonyl (C=O) groups is 2. The average molecular weight is 262 g/mol. The monoisotopic (exact) mass is 260 g/mol. The zero-order valence-electron chi connectivity index (χ0n) is 5.24. The standard InChI is InChI=1S/C2HCl3O.C2HClF2O/c2*3-2(4,5)1-6/h2*1H. The van der Waals surface area contributed by atoms with Gasteiger partial charge in [-0.3, -0.25) is 9.59 Å². The van der Waals surface area contributed by atoms with Gasteiger partial charge in [0.15, 0.2) is 6.29 Å². The summed E-state index contributed by atoms with van der Waals surface area (Å²) in [6.07, 6.45) is -0.397. The smallest absolute Gasteiger partial charge is 0.299 e. The largest absolute Gasteiger partial charge is 0.377 e. The Morgan fingerprint density at radius 2 is 1.08 bits per heavy atom. The van der Waals surface area contributed by atoms with Crippen LogP contribution in [0.15, 0.2) is 0 Å². The normalized spacial score (nSPS) is 11.2. The summed E-state index contributed by atoms with van der Waals surface area (Å²) in [6, 6.07) is 0. The van der Waals surface area contributed by atoms with Crippen molar-refractivity contribution in [1.29, 1.82) is 0 Å². The molecule has 8 heteroatoms. The van der Waals surface area contributed by atoms with E-state index in [0.29, 0.717) is 0 Å². The van der Waals surface area contributed by atoms with Gasteiger partial charge in [-0.05, 0) is 11.6 Å². The van der Waals surface area contributed by atoms with Crippen LogP contribution in [0.4, 0.5) is 8.78 Å². The minimum atomic E-state index is -3.67. The predicted molar refractivity (Wildman–Crippen MR) is 43.2 cm³/mol. The van der Waals surface area contributed by atoms with Gasteiger partial charge in [0.1, 0.15) is 0 Å². The Morgan fingerprint density at radius 3 is 1.08 bits per heavy atom. The van der Waals surface area contributed by atoms with Gasteiger partial charge in [0.25, 0.3) is 0 Å². The molecule has 0 spiro atoms. The van der Waals surface area contributed by atoms with Gasteiger partial charge in [-0.15, -0.1) is 0 Å². The minimum absolute atomic E-state index is 0.234. The van der Waals surface area contributed by atoms with Crippen molar-refractivity contribution in [1.82, 2.24) is 0 Å². The third kappa shape index (κ3) is 22.4. The predicted octanol–water partition coefficient (Wildman–Crippen LogP) is 2.57. The number of hydrogen-bond donors (Lipinski definition) is 0. The van der Waals surface area contributed by atoms with Crippen LogP contribution in [-0.2, 0) is 9.59 Å². The Hall–Kier alpha value is 0.360. The van der Waals surface area contributed by atoms with Crippen molar-refractivity contribution in [3.05, 3.63) is 0 Å². The van der Waals surface area contributed by atoms with E-state index < -0.39 is 15.5 Å². The molecule has 0 saturated carbocycles. The highest BCUT2D eigenvalue weighted by molar-refractivity contribution is 6.74. The second-order valence-corrected chi connectivity index (χ2v) is 4.19. The third-order valence-electron chi connectivity index (χ3n) is 0.267. The summed E-state index contributed by atoms with van der Waals surface area (Å²) in [5.74, 6) is 0. The molecule has 0 bridgehead atoms. The van der Waals surface area contributed by atoms with Crippen LogP contribution in [-0.4, -0.2) is 21.7 Å². The van der Waals surface area contributed by atoms with Crippen LogP contribution in [0.3, 0.4) is 0 Å². The Balaban J connectivity index is 0. The van der Waals surface area contributed by atoms with Crippen LogP contribution < -0.4 is 0 Å². The second-order valence-electron chi connectivity index (χ2n) is 1.32.